The number of thioether (sulfide) groups is 1. The average Bonchev–Trinajstić information content (AvgIpc) is 2.25. The van der Waals surface area contributed by atoms with E-state index >= 15 is 0 Å². The second-order valence-electron chi connectivity index (χ2n) is 3.51. The number of rotatable bonds is 5. The third kappa shape index (κ3) is 4.49. The van der Waals surface area contributed by atoms with Crippen LogP contribution in [-0.4, -0.2) is 21.9 Å². The first kappa shape index (κ1) is 12.8. The third-order valence-electron chi connectivity index (χ3n) is 2.18. The Morgan fingerprint density at radius 1 is 1.31 bits per heavy atom. The quantitative estimate of drug-likeness (QED) is 0.856. The van der Waals surface area contributed by atoms with Crippen LogP contribution in [0.3, 0.4) is 0 Å². The highest BCUT2D eigenvalue weighted by Crippen LogP contribution is 2.24. The number of carbonyl (C=O) groups excluding carboxylic acids is 1. The van der Waals surface area contributed by atoms with Crippen LogP contribution >= 0.6 is 11.8 Å². The zero-order valence-electron chi connectivity index (χ0n) is 9.05. The lowest BCUT2D eigenvalue weighted by Gasteiger charge is -2.13. The highest BCUT2D eigenvalue weighted by Gasteiger charge is 2.16. The molecule has 0 saturated heterocycles. The first-order valence-electron chi connectivity index (χ1n) is 4.99. The summed E-state index contributed by atoms with van der Waals surface area (Å²) in [6.45, 7) is 1.49. The molecular weight excluding hydrogens is 224 g/mol. The SMILES string of the molecule is CC(=O)SCC(CC(=O)O)c1ccccc1. The Kier molecular flexibility index (Phi) is 5.05. The lowest BCUT2D eigenvalue weighted by molar-refractivity contribution is -0.137. The molecule has 1 rings (SSSR count). The summed E-state index contributed by atoms with van der Waals surface area (Å²) in [7, 11) is 0. The summed E-state index contributed by atoms with van der Waals surface area (Å²) in [5.41, 5.74) is 0.971. The van der Waals surface area contributed by atoms with E-state index in [0.29, 0.717) is 5.75 Å². The first-order valence-corrected chi connectivity index (χ1v) is 5.98. The third-order valence-corrected chi connectivity index (χ3v) is 3.16. The van der Waals surface area contributed by atoms with E-state index in [0.717, 1.165) is 5.56 Å². The Morgan fingerprint density at radius 3 is 2.44 bits per heavy atom. The largest absolute Gasteiger partial charge is 0.481 e. The van der Waals surface area contributed by atoms with Crippen molar-refractivity contribution in [2.24, 2.45) is 0 Å². The number of hydrogen-bond acceptors (Lipinski definition) is 3. The van der Waals surface area contributed by atoms with Gasteiger partial charge in [-0.3, -0.25) is 9.59 Å². The molecule has 1 aromatic rings. The predicted molar refractivity (Wildman–Crippen MR) is 64.6 cm³/mol. The van der Waals surface area contributed by atoms with Gasteiger partial charge < -0.3 is 5.11 Å². The summed E-state index contributed by atoms with van der Waals surface area (Å²) in [5, 5.41) is 8.84. The molecule has 16 heavy (non-hydrogen) atoms. The lowest BCUT2D eigenvalue weighted by atomic mass is 9.98. The fourth-order valence-corrected chi connectivity index (χ4v) is 2.17. The van der Waals surface area contributed by atoms with Gasteiger partial charge in [-0.15, -0.1) is 0 Å². The summed E-state index contributed by atoms with van der Waals surface area (Å²) < 4.78 is 0. The molecule has 86 valence electrons. The predicted octanol–water partition coefficient (Wildman–Crippen LogP) is 2.52. The van der Waals surface area contributed by atoms with Crippen molar-refractivity contribution in [3.05, 3.63) is 35.9 Å². The lowest BCUT2D eigenvalue weighted by Crippen LogP contribution is -2.09. The van der Waals surface area contributed by atoms with Crippen molar-refractivity contribution in [3.8, 4) is 0 Å². The maximum Gasteiger partial charge on any atom is 0.303 e. The van der Waals surface area contributed by atoms with Gasteiger partial charge in [0.25, 0.3) is 0 Å². The van der Waals surface area contributed by atoms with Crippen molar-refractivity contribution >= 4 is 22.8 Å². The van der Waals surface area contributed by atoms with Gasteiger partial charge >= 0.3 is 5.97 Å². The average molecular weight is 238 g/mol. The Labute approximate surface area is 98.9 Å². The van der Waals surface area contributed by atoms with Crippen molar-refractivity contribution in [2.75, 3.05) is 5.75 Å². The van der Waals surface area contributed by atoms with Crippen molar-refractivity contribution in [1.29, 1.82) is 0 Å². The standard InChI is InChI=1S/C12H14O3S/c1-9(13)16-8-11(7-12(14)15)10-5-3-2-4-6-10/h2-6,11H,7-8H2,1H3,(H,14,15). The molecule has 0 aliphatic rings. The van der Waals surface area contributed by atoms with Gasteiger partial charge in [-0.05, 0) is 5.56 Å². The Hall–Kier alpha value is -1.29. The number of carboxylic acids is 1. The molecule has 3 nitrogen and oxygen atoms in total. The second-order valence-corrected chi connectivity index (χ2v) is 4.70. The van der Waals surface area contributed by atoms with Gasteiger partial charge in [0.1, 0.15) is 0 Å². The van der Waals surface area contributed by atoms with Gasteiger partial charge in [0.15, 0.2) is 5.12 Å². The van der Waals surface area contributed by atoms with Crippen molar-refractivity contribution in [3.63, 3.8) is 0 Å². The number of carbonyl (C=O) groups is 2. The first-order chi connectivity index (χ1) is 7.59. The molecule has 0 fully saturated rings. The van der Waals surface area contributed by atoms with Gasteiger partial charge in [-0.1, -0.05) is 42.1 Å². The van der Waals surface area contributed by atoms with E-state index in [1.54, 1.807) is 0 Å². The summed E-state index contributed by atoms with van der Waals surface area (Å²) in [6, 6.07) is 9.44. The number of aliphatic carboxylic acids is 1. The maximum atomic E-state index is 10.9. The monoisotopic (exact) mass is 238 g/mol. The zero-order chi connectivity index (χ0) is 12.0. The molecule has 0 aliphatic carbocycles. The van der Waals surface area contributed by atoms with Crippen LogP contribution in [0.15, 0.2) is 30.3 Å². The minimum absolute atomic E-state index is 0.0197. The Morgan fingerprint density at radius 2 is 1.94 bits per heavy atom. The van der Waals surface area contributed by atoms with Crippen LogP contribution in [0, 0.1) is 0 Å². The van der Waals surface area contributed by atoms with E-state index in [9.17, 15) is 9.59 Å². The smallest absolute Gasteiger partial charge is 0.303 e. The molecule has 1 aromatic carbocycles. The van der Waals surface area contributed by atoms with E-state index in [2.05, 4.69) is 0 Å². The fraction of sp³-hybridized carbons (Fsp3) is 0.333. The Bertz CT molecular complexity index is 362. The molecule has 0 aromatic heterocycles. The van der Waals surface area contributed by atoms with E-state index in [4.69, 9.17) is 5.11 Å². The van der Waals surface area contributed by atoms with Crippen molar-refractivity contribution < 1.29 is 14.7 Å². The van der Waals surface area contributed by atoms with Gasteiger partial charge in [0.2, 0.25) is 0 Å². The molecule has 0 amide bonds. The van der Waals surface area contributed by atoms with Gasteiger partial charge in [0.05, 0.1) is 6.42 Å². The summed E-state index contributed by atoms with van der Waals surface area (Å²) in [5.74, 6) is -0.420. The molecule has 0 spiro atoms. The molecule has 1 atom stereocenters. The second kappa shape index (κ2) is 6.33. The molecule has 0 heterocycles. The van der Waals surface area contributed by atoms with E-state index < -0.39 is 5.97 Å². The topological polar surface area (TPSA) is 54.4 Å². The molecule has 4 heteroatoms. The molecule has 0 saturated carbocycles. The highest BCUT2D eigenvalue weighted by molar-refractivity contribution is 8.13. The molecule has 0 bridgehead atoms. The van der Waals surface area contributed by atoms with Gasteiger partial charge in [-0.25, -0.2) is 0 Å². The molecule has 1 N–H and O–H groups in total. The normalized spacial score (nSPS) is 12.1. The van der Waals surface area contributed by atoms with Crippen LogP contribution in [0.25, 0.3) is 0 Å². The van der Waals surface area contributed by atoms with Crippen LogP contribution in [0.5, 0.6) is 0 Å². The molecule has 0 aliphatic heterocycles. The summed E-state index contributed by atoms with van der Waals surface area (Å²) in [6.07, 6.45) is 0.0598. The Balaban J connectivity index is 2.71. The molecule has 1 unspecified atom stereocenters. The number of hydrogen-bond donors (Lipinski definition) is 1. The van der Waals surface area contributed by atoms with Crippen LogP contribution in [0.4, 0.5) is 0 Å². The van der Waals surface area contributed by atoms with Crippen molar-refractivity contribution in [1.82, 2.24) is 0 Å². The molecule has 0 radical (unpaired) electrons. The fourth-order valence-electron chi connectivity index (χ4n) is 1.43. The van der Waals surface area contributed by atoms with E-state index in [1.165, 1.54) is 18.7 Å². The van der Waals surface area contributed by atoms with E-state index in [-0.39, 0.29) is 17.5 Å². The van der Waals surface area contributed by atoms with Crippen LogP contribution in [0.2, 0.25) is 0 Å². The van der Waals surface area contributed by atoms with Crippen LogP contribution in [0.1, 0.15) is 24.8 Å². The van der Waals surface area contributed by atoms with Gasteiger partial charge in [0, 0.05) is 18.6 Å². The zero-order valence-corrected chi connectivity index (χ0v) is 9.87. The number of carboxylic acid groups (broad SMARTS) is 1. The summed E-state index contributed by atoms with van der Waals surface area (Å²) >= 11 is 1.17. The summed E-state index contributed by atoms with van der Waals surface area (Å²) in [4.78, 5) is 21.6. The minimum Gasteiger partial charge on any atom is -0.481 e. The maximum absolute atomic E-state index is 10.9. The van der Waals surface area contributed by atoms with Crippen LogP contribution < -0.4 is 0 Å². The van der Waals surface area contributed by atoms with Gasteiger partial charge in [-0.2, -0.15) is 0 Å². The highest BCUT2D eigenvalue weighted by atomic mass is 32.2. The van der Waals surface area contributed by atoms with Crippen molar-refractivity contribution in [2.45, 2.75) is 19.3 Å². The minimum atomic E-state index is -0.835. The molecular formula is C12H14O3S. The number of benzene rings is 1. The van der Waals surface area contributed by atoms with E-state index in [1.807, 2.05) is 30.3 Å². The van der Waals surface area contributed by atoms with Crippen LogP contribution in [-0.2, 0) is 9.59 Å².